The van der Waals surface area contributed by atoms with Gasteiger partial charge in [0.2, 0.25) is 0 Å². The van der Waals surface area contributed by atoms with E-state index < -0.39 is 0 Å². The topological polar surface area (TPSA) is 20.2 Å². The standard InChI is InChI=1S/C15H26O/c16-15(9-11-3-1-2-4-11)10-14-8-12-5-6-13(14)7-12/h11-16H,1-10H2. The molecule has 16 heavy (non-hydrogen) atoms. The third-order valence-electron chi connectivity index (χ3n) is 5.54. The molecule has 0 aromatic heterocycles. The van der Waals surface area contributed by atoms with Crippen LogP contribution in [0.25, 0.3) is 0 Å². The first-order chi connectivity index (χ1) is 7.81. The van der Waals surface area contributed by atoms with Crippen molar-refractivity contribution in [1.82, 2.24) is 0 Å². The van der Waals surface area contributed by atoms with Crippen molar-refractivity contribution in [3.05, 3.63) is 0 Å². The summed E-state index contributed by atoms with van der Waals surface area (Å²) in [4.78, 5) is 0. The van der Waals surface area contributed by atoms with Crippen molar-refractivity contribution in [2.45, 2.75) is 70.3 Å². The van der Waals surface area contributed by atoms with Gasteiger partial charge in [-0.3, -0.25) is 0 Å². The number of hydrogen-bond acceptors (Lipinski definition) is 1. The van der Waals surface area contributed by atoms with E-state index in [2.05, 4.69) is 0 Å². The molecule has 4 atom stereocenters. The van der Waals surface area contributed by atoms with Gasteiger partial charge in [0.25, 0.3) is 0 Å². The van der Waals surface area contributed by atoms with E-state index in [1.54, 1.807) is 0 Å². The Labute approximate surface area is 99.6 Å². The van der Waals surface area contributed by atoms with Crippen molar-refractivity contribution in [2.75, 3.05) is 0 Å². The Morgan fingerprint density at radius 2 is 1.75 bits per heavy atom. The maximum Gasteiger partial charge on any atom is 0.0545 e. The van der Waals surface area contributed by atoms with Crippen molar-refractivity contribution in [3.8, 4) is 0 Å². The zero-order valence-corrected chi connectivity index (χ0v) is 10.4. The van der Waals surface area contributed by atoms with Gasteiger partial charge in [0.1, 0.15) is 0 Å². The number of hydrogen-bond donors (Lipinski definition) is 1. The summed E-state index contributed by atoms with van der Waals surface area (Å²) in [6, 6.07) is 0. The van der Waals surface area contributed by atoms with Crippen LogP contribution in [-0.4, -0.2) is 11.2 Å². The molecule has 4 unspecified atom stereocenters. The first-order valence-corrected chi connectivity index (χ1v) is 7.49. The Hall–Kier alpha value is -0.0400. The third kappa shape index (κ3) is 2.30. The molecule has 3 saturated carbocycles. The number of fused-ring (bicyclic) bond motifs is 2. The minimum absolute atomic E-state index is 0.0208. The molecule has 92 valence electrons. The van der Waals surface area contributed by atoms with E-state index in [0.717, 1.165) is 36.5 Å². The molecule has 0 spiro atoms. The van der Waals surface area contributed by atoms with Crippen LogP contribution in [-0.2, 0) is 0 Å². The molecule has 2 bridgehead atoms. The molecule has 0 heterocycles. The van der Waals surface area contributed by atoms with Crippen LogP contribution in [0.4, 0.5) is 0 Å². The van der Waals surface area contributed by atoms with Crippen molar-refractivity contribution < 1.29 is 5.11 Å². The van der Waals surface area contributed by atoms with Crippen LogP contribution in [0.3, 0.4) is 0 Å². The van der Waals surface area contributed by atoms with E-state index >= 15 is 0 Å². The number of aliphatic hydroxyl groups excluding tert-OH is 1. The predicted octanol–water partition coefficient (Wildman–Crippen LogP) is 3.75. The molecular weight excluding hydrogens is 196 g/mol. The first kappa shape index (κ1) is 11.1. The highest BCUT2D eigenvalue weighted by molar-refractivity contribution is 4.91. The highest BCUT2D eigenvalue weighted by Crippen LogP contribution is 2.50. The molecule has 0 aliphatic heterocycles. The summed E-state index contributed by atoms with van der Waals surface area (Å²) in [5.74, 6) is 3.76. The average Bonchev–Trinajstić information content (AvgIpc) is 2.92. The van der Waals surface area contributed by atoms with Gasteiger partial charge in [-0.05, 0) is 55.8 Å². The van der Waals surface area contributed by atoms with Crippen LogP contribution in [0.5, 0.6) is 0 Å². The summed E-state index contributed by atoms with van der Waals surface area (Å²) in [5.41, 5.74) is 0. The van der Waals surface area contributed by atoms with E-state index in [9.17, 15) is 5.11 Å². The molecule has 1 heteroatoms. The maximum absolute atomic E-state index is 10.2. The quantitative estimate of drug-likeness (QED) is 0.768. The van der Waals surface area contributed by atoms with Gasteiger partial charge in [-0.2, -0.15) is 0 Å². The highest BCUT2D eigenvalue weighted by atomic mass is 16.3. The van der Waals surface area contributed by atoms with Crippen LogP contribution in [0.1, 0.15) is 64.2 Å². The maximum atomic E-state index is 10.2. The molecule has 3 rings (SSSR count). The summed E-state index contributed by atoms with van der Waals surface area (Å²) in [6.45, 7) is 0. The Kier molecular flexibility index (Phi) is 3.24. The van der Waals surface area contributed by atoms with Gasteiger partial charge in [0.05, 0.1) is 6.10 Å². The van der Waals surface area contributed by atoms with Crippen molar-refractivity contribution in [1.29, 1.82) is 0 Å². The monoisotopic (exact) mass is 222 g/mol. The molecular formula is C15H26O. The lowest BCUT2D eigenvalue weighted by Crippen LogP contribution is -2.20. The number of rotatable bonds is 4. The molecule has 0 radical (unpaired) electrons. The molecule has 0 aromatic carbocycles. The van der Waals surface area contributed by atoms with Crippen molar-refractivity contribution >= 4 is 0 Å². The fourth-order valence-electron chi connectivity index (χ4n) is 4.74. The van der Waals surface area contributed by atoms with E-state index in [0.29, 0.717) is 0 Å². The SMILES string of the molecule is OC(CC1CCCC1)CC1CC2CCC1C2. The second kappa shape index (κ2) is 4.68. The minimum atomic E-state index is 0.0208. The minimum Gasteiger partial charge on any atom is -0.393 e. The average molecular weight is 222 g/mol. The van der Waals surface area contributed by atoms with Crippen LogP contribution in [0.15, 0.2) is 0 Å². The third-order valence-corrected chi connectivity index (χ3v) is 5.54. The molecule has 0 aromatic rings. The van der Waals surface area contributed by atoms with E-state index in [1.165, 1.54) is 51.4 Å². The van der Waals surface area contributed by atoms with Crippen LogP contribution >= 0.6 is 0 Å². The smallest absolute Gasteiger partial charge is 0.0545 e. The lowest BCUT2D eigenvalue weighted by molar-refractivity contribution is 0.100. The summed E-state index contributed by atoms with van der Waals surface area (Å²) < 4.78 is 0. The van der Waals surface area contributed by atoms with Gasteiger partial charge >= 0.3 is 0 Å². The lowest BCUT2D eigenvalue weighted by atomic mass is 9.83. The van der Waals surface area contributed by atoms with E-state index in [-0.39, 0.29) is 6.10 Å². The molecule has 1 nitrogen and oxygen atoms in total. The molecule has 0 amide bonds. The fraction of sp³-hybridized carbons (Fsp3) is 1.00. The van der Waals surface area contributed by atoms with Crippen molar-refractivity contribution in [2.24, 2.45) is 23.7 Å². The Morgan fingerprint density at radius 3 is 2.38 bits per heavy atom. The zero-order chi connectivity index (χ0) is 11.0. The first-order valence-electron chi connectivity index (χ1n) is 7.49. The molecule has 3 fully saturated rings. The van der Waals surface area contributed by atoms with Crippen LogP contribution in [0, 0.1) is 23.7 Å². The molecule has 1 N–H and O–H groups in total. The Balaban J connectivity index is 1.43. The van der Waals surface area contributed by atoms with Crippen molar-refractivity contribution in [3.63, 3.8) is 0 Å². The summed E-state index contributed by atoms with van der Waals surface area (Å²) in [6.07, 6.45) is 13.7. The van der Waals surface area contributed by atoms with Crippen LogP contribution < -0.4 is 0 Å². The summed E-state index contributed by atoms with van der Waals surface area (Å²) >= 11 is 0. The van der Waals surface area contributed by atoms with Gasteiger partial charge < -0.3 is 5.11 Å². The Bertz CT molecular complexity index is 232. The van der Waals surface area contributed by atoms with Gasteiger partial charge in [-0.1, -0.05) is 32.1 Å². The second-order valence-electron chi connectivity index (χ2n) is 6.71. The predicted molar refractivity (Wildman–Crippen MR) is 66.1 cm³/mol. The number of aliphatic hydroxyl groups is 1. The highest BCUT2D eigenvalue weighted by Gasteiger charge is 2.40. The zero-order valence-electron chi connectivity index (χ0n) is 10.4. The Morgan fingerprint density at radius 1 is 0.938 bits per heavy atom. The van der Waals surface area contributed by atoms with Gasteiger partial charge in [-0.25, -0.2) is 0 Å². The van der Waals surface area contributed by atoms with Gasteiger partial charge in [-0.15, -0.1) is 0 Å². The molecule has 0 saturated heterocycles. The normalized spacial score (nSPS) is 40.7. The second-order valence-corrected chi connectivity index (χ2v) is 6.71. The van der Waals surface area contributed by atoms with Gasteiger partial charge in [0.15, 0.2) is 0 Å². The molecule has 3 aliphatic rings. The van der Waals surface area contributed by atoms with Gasteiger partial charge in [0, 0.05) is 0 Å². The summed E-state index contributed by atoms with van der Waals surface area (Å²) in [7, 11) is 0. The molecule has 3 aliphatic carbocycles. The largest absolute Gasteiger partial charge is 0.393 e. The summed E-state index contributed by atoms with van der Waals surface area (Å²) in [5, 5.41) is 10.2. The van der Waals surface area contributed by atoms with Crippen LogP contribution in [0.2, 0.25) is 0 Å². The van der Waals surface area contributed by atoms with E-state index in [4.69, 9.17) is 0 Å². The fourth-order valence-corrected chi connectivity index (χ4v) is 4.74. The van der Waals surface area contributed by atoms with E-state index in [1.807, 2.05) is 0 Å². The lowest BCUT2D eigenvalue weighted by Gasteiger charge is -2.25.